The fourth-order valence-corrected chi connectivity index (χ4v) is 4.07. The van der Waals surface area contributed by atoms with Gasteiger partial charge in [0.15, 0.2) is 0 Å². The third-order valence-electron chi connectivity index (χ3n) is 3.58. The molecule has 6 heteroatoms. The highest BCUT2D eigenvalue weighted by Crippen LogP contribution is 2.28. The fraction of sp³-hybridized carbons (Fsp3) is 0.250. The number of ether oxygens (including phenoxy) is 1. The van der Waals surface area contributed by atoms with Gasteiger partial charge in [-0.2, -0.15) is 0 Å². The van der Waals surface area contributed by atoms with E-state index >= 15 is 0 Å². The van der Waals surface area contributed by atoms with Crippen LogP contribution >= 0.6 is 15.9 Å². The molecule has 0 saturated carbocycles. The summed E-state index contributed by atoms with van der Waals surface area (Å²) < 4.78 is 34.2. The van der Waals surface area contributed by atoms with E-state index in [0.717, 1.165) is 21.3 Å². The molecule has 0 aliphatic carbocycles. The molecule has 0 radical (unpaired) electrons. The molecule has 116 valence electrons. The smallest absolute Gasteiger partial charge is 0.240 e. The van der Waals surface area contributed by atoms with Crippen LogP contribution in [-0.2, 0) is 16.4 Å². The molecule has 1 aliphatic rings. The third-order valence-corrected chi connectivity index (χ3v) is 5.61. The maximum absolute atomic E-state index is 12.4. The maximum Gasteiger partial charge on any atom is 0.240 e. The Balaban J connectivity index is 1.78. The van der Waals surface area contributed by atoms with Crippen LogP contribution < -0.4 is 9.46 Å². The van der Waals surface area contributed by atoms with E-state index in [2.05, 4.69) is 20.7 Å². The molecule has 4 nitrogen and oxygen atoms in total. The van der Waals surface area contributed by atoms with Crippen LogP contribution in [0.25, 0.3) is 0 Å². The van der Waals surface area contributed by atoms with E-state index in [1.54, 1.807) is 24.3 Å². The molecule has 2 aromatic carbocycles. The highest BCUT2D eigenvalue weighted by molar-refractivity contribution is 9.10. The van der Waals surface area contributed by atoms with Crippen LogP contribution in [0.5, 0.6) is 5.75 Å². The topological polar surface area (TPSA) is 55.4 Å². The first kappa shape index (κ1) is 15.5. The van der Waals surface area contributed by atoms with Crippen molar-refractivity contribution in [2.75, 3.05) is 6.61 Å². The van der Waals surface area contributed by atoms with Gasteiger partial charge in [0, 0.05) is 4.47 Å². The predicted octanol–water partition coefficient (Wildman–Crippen LogP) is 3.04. The van der Waals surface area contributed by atoms with Crippen molar-refractivity contribution in [3.63, 3.8) is 0 Å². The van der Waals surface area contributed by atoms with Gasteiger partial charge in [-0.25, -0.2) is 13.1 Å². The van der Waals surface area contributed by atoms with E-state index in [9.17, 15) is 8.42 Å². The highest BCUT2D eigenvalue weighted by atomic mass is 79.9. The van der Waals surface area contributed by atoms with Gasteiger partial charge in [0.05, 0.1) is 10.9 Å². The van der Waals surface area contributed by atoms with E-state index in [0.29, 0.717) is 13.0 Å². The first-order valence-corrected chi connectivity index (χ1v) is 9.22. The minimum atomic E-state index is -3.53. The van der Waals surface area contributed by atoms with E-state index < -0.39 is 10.0 Å². The Hall–Kier alpha value is -1.37. The molecule has 22 heavy (non-hydrogen) atoms. The highest BCUT2D eigenvalue weighted by Gasteiger charge is 2.25. The van der Waals surface area contributed by atoms with Crippen LogP contribution in [0.2, 0.25) is 0 Å². The second-order valence-electron chi connectivity index (χ2n) is 5.40. The molecule has 2 aromatic rings. The van der Waals surface area contributed by atoms with Crippen LogP contribution in [0.4, 0.5) is 0 Å². The Labute approximate surface area is 138 Å². The van der Waals surface area contributed by atoms with E-state index in [-0.39, 0.29) is 10.9 Å². The summed E-state index contributed by atoms with van der Waals surface area (Å²) in [6.45, 7) is 2.26. The van der Waals surface area contributed by atoms with Gasteiger partial charge in [0.2, 0.25) is 10.0 Å². The minimum absolute atomic E-state index is 0.270. The molecule has 1 unspecified atom stereocenters. The SMILES string of the molecule is Cc1ccc(S(=O)(=O)NC2COc3ccc(Br)cc3C2)cc1. The molecule has 0 amide bonds. The van der Waals surface area contributed by atoms with Gasteiger partial charge >= 0.3 is 0 Å². The molecule has 1 atom stereocenters. The molecule has 0 saturated heterocycles. The van der Waals surface area contributed by atoms with Crippen molar-refractivity contribution < 1.29 is 13.2 Å². The number of rotatable bonds is 3. The Morgan fingerprint density at radius 3 is 2.64 bits per heavy atom. The van der Waals surface area contributed by atoms with Crippen molar-refractivity contribution in [3.8, 4) is 5.75 Å². The van der Waals surface area contributed by atoms with Crippen molar-refractivity contribution in [3.05, 3.63) is 58.1 Å². The summed E-state index contributed by atoms with van der Waals surface area (Å²) in [6.07, 6.45) is 0.611. The molecular weight excluding hydrogens is 366 g/mol. The van der Waals surface area contributed by atoms with Crippen LogP contribution in [0.1, 0.15) is 11.1 Å². The largest absolute Gasteiger partial charge is 0.492 e. The molecule has 0 aromatic heterocycles. The van der Waals surface area contributed by atoms with Gasteiger partial charge < -0.3 is 4.74 Å². The second-order valence-corrected chi connectivity index (χ2v) is 8.03. The van der Waals surface area contributed by atoms with Gasteiger partial charge in [-0.05, 0) is 49.2 Å². The molecule has 1 aliphatic heterocycles. The van der Waals surface area contributed by atoms with Crippen LogP contribution in [0, 0.1) is 6.92 Å². The zero-order valence-corrected chi connectivity index (χ0v) is 14.4. The quantitative estimate of drug-likeness (QED) is 0.888. The van der Waals surface area contributed by atoms with E-state index in [1.807, 2.05) is 25.1 Å². The van der Waals surface area contributed by atoms with E-state index in [1.165, 1.54) is 0 Å². The summed E-state index contributed by atoms with van der Waals surface area (Å²) in [6, 6.07) is 12.3. The van der Waals surface area contributed by atoms with Crippen molar-refractivity contribution in [2.24, 2.45) is 0 Å². The van der Waals surface area contributed by atoms with Gasteiger partial charge in [-0.1, -0.05) is 33.6 Å². The van der Waals surface area contributed by atoms with Crippen LogP contribution in [0.15, 0.2) is 51.8 Å². The Morgan fingerprint density at radius 1 is 1.18 bits per heavy atom. The second kappa shape index (κ2) is 6.02. The van der Waals surface area contributed by atoms with Crippen molar-refractivity contribution in [1.82, 2.24) is 4.72 Å². The summed E-state index contributed by atoms with van der Waals surface area (Å²) in [5, 5.41) is 0. The third kappa shape index (κ3) is 3.34. The summed E-state index contributed by atoms with van der Waals surface area (Å²) in [5.74, 6) is 0.814. The van der Waals surface area contributed by atoms with Gasteiger partial charge in [-0.15, -0.1) is 0 Å². The maximum atomic E-state index is 12.4. The average Bonchev–Trinajstić information content (AvgIpc) is 2.47. The van der Waals surface area contributed by atoms with Crippen LogP contribution in [0.3, 0.4) is 0 Å². The Morgan fingerprint density at radius 2 is 1.91 bits per heavy atom. The van der Waals surface area contributed by atoms with Crippen molar-refractivity contribution >= 4 is 26.0 Å². The van der Waals surface area contributed by atoms with E-state index in [4.69, 9.17) is 4.74 Å². The summed E-state index contributed by atoms with van der Waals surface area (Å²) in [7, 11) is -3.53. The van der Waals surface area contributed by atoms with Gasteiger partial charge in [0.1, 0.15) is 12.4 Å². The molecule has 1 heterocycles. The Bertz CT molecular complexity index is 788. The number of aryl methyl sites for hydroxylation is 1. The molecular formula is C16H16BrNO3S. The lowest BCUT2D eigenvalue weighted by atomic mass is 10.0. The number of hydrogen-bond acceptors (Lipinski definition) is 3. The standard InChI is InChI=1S/C16H16BrNO3S/c1-11-2-5-15(6-3-11)22(19,20)18-14-9-12-8-13(17)4-7-16(12)21-10-14/h2-8,14,18H,9-10H2,1H3. The lowest BCUT2D eigenvalue weighted by Crippen LogP contribution is -2.42. The predicted molar refractivity (Wildman–Crippen MR) is 88.6 cm³/mol. The molecule has 0 fully saturated rings. The minimum Gasteiger partial charge on any atom is -0.492 e. The number of halogens is 1. The monoisotopic (exact) mass is 381 g/mol. The molecule has 0 bridgehead atoms. The number of benzene rings is 2. The summed E-state index contributed by atoms with van der Waals surface area (Å²) in [5.41, 5.74) is 2.02. The zero-order chi connectivity index (χ0) is 15.7. The lowest BCUT2D eigenvalue weighted by Gasteiger charge is -2.26. The number of fused-ring (bicyclic) bond motifs is 1. The van der Waals surface area contributed by atoms with Crippen molar-refractivity contribution in [2.45, 2.75) is 24.3 Å². The summed E-state index contributed by atoms with van der Waals surface area (Å²) >= 11 is 3.42. The Kier molecular flexibility index (Phi) is 4.25. The lowest BCUT2D eigenvalue weighted by molar-refractivity contribution is 0.254. The number of hydrogen-bond donors (Lipinski definition) is 1. The average molecular weight is 382 g/mol. The number of sulfonamides is 1. The number of nitrogens with one attached hydrogen (secondary N) is 1. The summed E-state index contributed by atoms with van der Waals surface area (Å²) in [4.78, 5) is 0.276. The van der Waals surface area contributed by atoms with Gasteiger partial charge in [0.25, 0.3) is 0 Å². The first-order chi connectivity index (χ1) is 10.4. The van der Waals surface area contributed by atoms with Gasteiger partial charge in [-0.3, -0.25) is 0 Å². The molecule has 0 spiro atoms. The zero-order valence-electron chi connectivity index (χ0n) is 12.0. The van der Waals surface area contributed by atoms with Crippen LogP contribution in [-0.4, -0.2) is 21.1 Å². The molecule has 1 N–H and O–H groups in total. The molecule has 3 rings (SSSR count). The normalized spacial score (nSPS) is 17.6. The first-order valence-electron chi connectivity index (χ1n) is 6.94. The van der Waals surface area contributed by atoms with Crippen molar-refractivity contribution in [1.29, 1.82) is 0 Å². The fourth-order valence-electron chi connectivity index (χ4n) is 2.44.